The summed E-state index contributed by atoms with van der Waals surface area (Å²) >= 11 is 7.58. The first-order chi connectivity index (χ1) is 13.8. The summed E-state index contributed by atoms with van der Waals surface area (Å²) in [4.78, 5) is 28.4. The van der Waals surface area contributed by atoms with Gasteiger partial charge in [0.1, 0.15) is 6.04 Å². The molecule has 0 saturated carbocycles. The van der Waals surface area contributed by atoms with E-state index in [-0.39, 0.29) is 23.6 Å². The molecule has 2 amide bonds. The number of halogens is 1. The van der Waals surface area contributed by atoms with Crippen LogP contribution in [0, 0.1) is 6.92 Å². The second-order valence-corrected chi connectivity index (χ2v) is 8.73. The number of carbonyl (C=O) groups is 2. The largest absolute Gasteiger partial charge is 0.352 e. The lowest BCUT2D eigenvalue weighted by atomic mass is 10.1. The SMILES string of the molecule is CC[C@H](C)NC(=O)[C@H](C)N(Cc1cccc(Cl)c1)C(=O)CSc1ccc(C)cc1. The molecule has 2 atom stereocenters. The zero-order chi connectivity index (χ0) is 21.4. The van der Waals surface area contributed by atoms with E-state index in [0.29, 0.717) is 11.6 Å². The number of carbonyl (C=O) groups excluding carboxylic acids is 2. The summed E-state index contributed by atoms with van der Waals surface area (Å²) in [7, 11) is 0. The smallest absolute Gasteiger partial charge is 0.242 e. The van der Waals surface area contributed by atoms with Crippen LogP contribution >= 0.6 is 23.4 Å². The van der Waals surface area contributed by atoms with E-state index in [4.69, 9.17) is 11.6 Å². The first-order valence-corrected chi connectivity index (χ1v) is 11.2. The molecule has 29 heavy (non-hydrogen) atoms. The van der Waals surface area contributed by atoms with Crippen molar-refractivity contribution < 1.29 is 9.59 Å². The predicted molar refractivity (Wildman–Crippen MR) is 121 cm³/mol. The Balaban J connectivity index is 2.14. The summed E-state index contributed by atoms with van der Waals surface area (Å²) in [5.74, 6) is 0.0438. The van der Waals surface area contributed by atoms with Crippen LogP contribution in [0.2, 0.25) is 5.02 Å². The van der Waals surface area contributed by atoms with Gasteiger partial charge >= 0.3 is 0 Å². The van der Waals surface area contributed by atoms with Crippen LogP contribution in [0.15, 0.2) is 53.4 Å². The van der Waals surface area contributed by atoms with Crippen molar-refractivity contribution in [3.05, 3.63) is 64.7 Å². The molecule has 0 fully saturated rings. The zero-order valence-corrected chi connectivity index (χ0v) is 19.0. The normalized spacial score (nSPS) is 12.9. The van der Waals surface area contributed by atoms with Crippen LogP contribution in [0.4, 0.5) is 0 Å². The number of rotatable bonds is 9. The van der Waals surface area contributed by atoms with Gasteiger partial charge in [0.15, 0.2) is 0 Å². The van der Waals surface area contributed by atoms with E-state index < -0.39 is 6.04 Å². The number of thioether (sulfide) groups is 1. The van der Waals surface area contributed by atoms with Crippen molar-refractivity contribution in [1.82, 2.24) is 10.2 Å². The molecule has 2 aromatic rings. The highest BCUT2D eigenvalue weighted by atomic mass is 35.5. The van der Waals surface area contributed by atoms with Crippen LogP contribution in [-0.4, -0.2) is 34.6 Å². The summed E-state index contributed by atoms with van der Waals surface area (Å²) in [5, 5.41) is 3.59. The van der Waals surface area contributed by atoms with Gasteiger partial charge < -0.3 is 10.2 Å². The number of hydrogen-bond acceptors (Lipinski definition) is 3. The Morgan fingerprint density at radius 2 is 1.83 bits per heavy atom. The van der Waals surface area contributed by atoms with Gasteiger partial charge in [-0.2, -0.15) is 0 Å². The first-order valence-electron chi connectivity index (χ1n) is 9.84. The van der Waals surface area contributed by atoms with E-state index in [0.717, 1.165) is 16.9 Å². The van der Waals surface area contributed by atoms with E-state index in [2.05, 4.69) is 5.32 Å². The van der Waals surface area contributed by atoms with Crippen LogP contribution < -0.4 is 5.32 Å². The Morgan fingerprint density at radius 3 is 2.45 bits per heavy atom. The van der Waals surface area contributed by atoms with Gasteiger partial charge in [0.05, 0.1) is 5.75 Å². The van der Waals surface area contributed by atoms with Crippen molar-refractivity contribution in [2.24, 2.45) is 0 Å². The van der Waals surface area contributed by atoms with E-state index in [1.165, 1.54) is 17.3 Å². The number of amides is 2. The molecule has 0 aliphatic rings. The molecule has 0 heterocycles. The number of nitrogens with zero attached hydrogens (tertiary/aromatic N) is 1. The molecule has 0 saturated heterocycles. The molecule has 0 aliphatic carbocycles. The van der Waals surface area contributed by atoms with Crippen molar-refractivity contribution in [3.8, 4) is 0 Å². The van der Waals surface area contributed by atoms with Crippen LogP contribution in [0.1, 0.15) is 38.3 Å². The summed E-state index contributed by atoms with van der Waals surface area (Å²) in [6.45, 7) is 8.12. The number of hydrogen-bond donors (Lipinski definition) is 1. The van der Waals surface area contributed by atoms with E-state index in [1.54, 1.807) is 17.9 Å². The molecule has 0 spiro atoms. The van der Waals surface area contributed by atoms with E-state index >= 15 is 0 Å². The van der Waals surface area contributed by atoms with Gasteiger partial charge in [-0.05, 0) is 57.0 Å². The van der Waals surface area contributed by atoms with Gasteiger partial charge in [0.2, 0.25) is 11.8 Å². The number of aryl methyl sites for hydroxylation is 1. The molecule has 6 heteroatoms. The van der Waals surface area contributed by atoms with Crippen molar-refractivity contribution >= 4 is 35.2 Å². The summed E-state index contributed by atoms with van der Waals surface area (Å²) in [5.41, 5.74) is 2.08. The highest BCUT2D eigenvalue weighted by Crippen LogP contribution is 2.21. The number of benzene rings is 2. The fourth-order valence-corrected chi connectivity index (χ4v) is 3.74. The highest BCUT2D eigenvalue weighted by molar-refractivity contribution is 8.00. The monoisotopic (exact) mass is 432 g/mol. The summed E-state index contributed by atoms with van der Waals surface area (Å²) in [6, 6.07) is 14.9. The highest BCUT2D eigenvalue weighted by Gasteiger charge is 2.26. The maximum absolute atomic E-state index is 13.1. The fourth-order valence-electron chi connectivity index (χ4n) is 2.74. The maximum atomic E-state index is 13.1. The quantitative estimate of drug-likeness (QED) is 0.562. The molecule has 0 unspecified atom stereocenters. The van der Waals surface area contributed by atoms with Crippen molar-refractivity contribution in [3.63, 3.8) is 0 Å². The van der Waals surface area contributed by atoms with E-state index in [1.807, 2.05) is 63.2 Å². The van der Waals surface area contributed by atoms with Gasteiger partial charge in [0.25, 0.3) is 0 Å². The number of nitrogens with one attached hydrogen (secondary N) is 1. The molecule has 4 nitrogen and oxygen atoms in total. The van der Waals surface area contributed by atoms with Gasteiger partial charge in [-0.15, -0.1) is 11.8 Å². The van der Waals surface area contributed by atoms with Gasteiger partial charge in [-0.3, -0.25) is 9.59 Å². The average Bonchev–Trinajstić information content (AvgIpc) is 2.70. The summed E-state index contributed by atoms with van der Waals surface area (Å²) < 4.78 is 0. The Morgan fingerprint density at radius 1 is 1.14 bits per heavy atom. The Hall–Kier alpha value is -1.98. The molecule has 0 bridgehead atoms. The standard InChI is InChI=1S/C23H29ClN2O2S/c1-5-17(3)25-23(28)18(4)26(14-19-7-6-8-20(24)13-19)22(27)15-29-21-11-9-16(2)10-12-21/h6-13,17-18H,5,14-15H2,1-4H3,(H,25,28)/t17-,18-/m0/s1. The lowest BCUT2D eigenvalue weighted by molar-refractivity contribution is -0.138. The third kappa shape index (κ3) is 7.41. The van der Waals surface area contributed by atoms with Crippen molar-refractivity contribution in [1.29, 1.82) is 0 Å². The van der Waals surface area contributed by atoms with Crippen LogP contribution in [0.5, 0.6) is 0 Å². The lowest BCUT2D eigenvalue weighted by Gasteiger charge is -2.29. The third-order valence-corrected chi connectivity index (χ3v) is 6.03. The van der Waals surface area contributed by atoms with Gasteiger partial charge in [0, 0.05) is 22.5 Å². The molecule has 0 radical (unpaired) electrons. The molecular formula is C23H29ClN2O2S. The lowest BCUT2D eigenvalue weighted by Crippen LogP contribution is -2.50. The Kier molecular flexibility index (Phi) is 9.05. The van der Waals surface area contributed by atoms with Crippen molar-refractivity contribution in [2.45, 2.75) is 57.6 Å². The Bertz CT molecular complexity index is 826. The van der Waals surface area contributed by atoms with Crippen LogP contribution in [0.25, 0.3) is 0 Å². The molecular weight excluding hydrogens is 404 g/mol. The molecule has 2 rings (SSSR count). The Labute approximate surface area is 183 Å². The summed E-state index contributed by atoms with van der Waals surface area (Å²) in [6.07, 6.45) is 0.837. The topological polar surface area (TPSA) is 49.4 Å². The molecule has 0 aromatic heterocycles. The third-order valence-electron chi connectivity index (χ3n) is 4.79. The van der Waals surface area contributed by atoms with E-state index in [9.17, 15) is 9.59 Å². The molecule has 0 aliphatic heterocycles. The average molecular weight is 433 g/mol. The molecule has 156 valence electrons. The van der Waals surface area contributed by atoms with Crippen molar-refractivity contribution in [2.75, 3.05) is 5.75 Å². The molecule has 1 N–H and O–H groups in total. The van der Waals surface area contributed by atoms with Gasteiger partial charge in [-0.1, -0.05) is 48.4 Å². The van der Waals surface area contributed by atoms with Crippen LogP contribution in [-0.2, 0) is 16.1 Å². The van der Waals surface area contributed by atoms with Gasteiger partial charge in [-0.25, -0.2) is 0 Å². The minimum atomic E-state index is -0.575. The second kappa shape index (κ2) is 11.3. The minimum absolute atomic E-state index is 0.0648. The molecule has 2 aromatic carbocycles. The minimum Gasteiger partial charge on any atom is -0.352 e. The zero-order valence-electron chi connectivity index (χ0n) is 17.4. The fraction of sp³-hybridized carbons (Fsp3) is 0.391. The predicted octanol–water partition coefficient (Wildman–Crippen LogP) is 5.07. The maximum Gasteiger partial charge on any atom is 0.242 e. The van der Waals surface area contributed by atoms with Crippen LogP contribution in [0.3, 0.4) is 0 Å². The first kappa shape index (κ1) is 23.3. The second-order valence-electron chi connectivity index (χ2n) is 7.25.